The van der Waals surface area contributed by atoms with Gasteiger partial charge >= 0.3 is 5.97 Å². The fourth-order valence-corrected chi connectivity index (χ4v) is 3.22. The highest BCUT2D eigenvalue weighted by Crippen LogP contribution is 2.32. The second-order valence-electron chi connectivity index (χ2n) is 6.81. The van der Waals surface area contributed by atoms with Crippen molar-refractivity contribution in [3.63, 3.8) is 0 Å². The first-order valence-corrected chi connectivity index (χ1v) is 10.3. The number of hydrogen-bond acceptors (Lipinski definition) is 6. The fraction of sp³-hybridized carbons (Fsp3) is 0.120. The Labute approximate surface area is 195 Å². The Morgan fingerprint density at radius 2 is 1.42 bits per heavy atom. The van der Waals surface area contributed by atoms with Crippen LogP contribution < -0.4 is 10.1 Å². The molecule has 0 radical (unpaired) electrons. The highest BCUT2D eigenvalue weighted by molar-refractivity contribution is 6.49. The van der Waals surface area contributed by atoms with Gasteiger partial charge < -0.3 is 14.8 Å². The van der Waals surface area contributed by atoms with Crippen LogP contribution in [0.4, 0.5) is 5.69 Å². The third-order valence-corrected chi connectivity index (χ3v) is 5.00. The molecule has 0 aliphatic carbocycles. The summed E-state index contributed by atoms with van der Waals surface area (Å²) in [7, 11) is 1.38. The van der Waals surface area contributed by atoms with Crippen LogP contribution in [0.25, 0.3) is 0 Å². The molecular formula is C25H20ClNO6. The summed E-state index contributed by atoms with van der Waals surface area (Å²) in [5.41, 5.74) is 1.06. The normalized spacial score (nSPS) is 10.3. The number of halogens is 1. The lowest BCUT2D eigenvalue weighted by Crippen LogP contribution is -2.16. The summed E-state index contributed by atoms with van der Waals surface area (Å²) in [4.78, 5) is 49.5. The number of methoxy groups -OCH3 is 1. The van der Waals surface area contributed by atoms with Gasteiger partial charge in [0, 0.05) is 22.8 Å². The first-order chi connectivity index (χ1) is 15.8. The molecule has 168 valence electrons. The molecule has 0 saturated carbocycles. The second-order valence-corrected chi connectivity index (χ2v) is 7.22. The van der Waals surface area contributed by atoms with Gasteiger partial charge in [-0.2, -0.15) is 0 Å². The van der Waals surface area contributed by atoms with Crippen molar-refractivity contribution in [2.24, 2.45) is 0 Å². The van der Waals surface area contributed by atoms with Gasteiger partial charge in [-0.3, -0.25) is 14.4 Å². The van der Waals surface area contributed by atoms with Crippen LogP contribution in [-0.4, -0.2) is 37.2 Å². The standard InChI is InChI=1S/C25H20ClNO6/c1-3-33-25(31)18-13-19(26)20(14-21(18)32-2)27-24(30)17-11-9-16(10-12-17)23(29)22(28)15-7-5-4-6-8-15/h4-14H,3H2,1-2H3,(H,27,30). The fourth-order valence-electron chi connectivity index (χ4n) is 3.01. The Morgan fingerprint density at radius 1 is 0.848 bits per heavy atom. The molecule has 3 aromatic rings. The van der Waals surface area contributed by atoms with Crippen LogP contribution in [0.2, 0.25) is 5.02 Å². The molecule has 0 fully saturated rings. The number of benzene rings is 3. The van der Waals surface area contributed by atoms with Gasteiger partial charge in [-0.15, -0.1) is 0 Å². The quantitative estimate of drug-likeness (QED) is 0.290. The van der Waals surface area contributed by atoms with Crippen molar-refractivity contribution in [3.05, 3.63) is 94.0 Å². The van der Waals surface area contributed by atoms with E-state index in [1.807, 2.05) is 0 Å². The summed E-state index contributed by atoms with van der Waals surface area (Å²) in [6.07, 6.45) is 0. The number of carbonyl (C=O) groups excluding carboxylic acids is 4. The summed E-state index contributed by atoms with van der Waals surface area (Å²) >= 11 is 6.23. The van der Waals surface area contributed by atoms with Crippen LogP contribution >= 0.6 is 11.6 Å². The Hall–Kier alpha value is -3.97. The van der Waals surface area contributed by atoms with E-state index in [0.29, 0.717) is 5.56 Å². The smallest absolute Gasteiger partial charge is 0.341 e. The summed E-state index contributed by atoms with van der Waals surface area (Å²) < 4.78 is 10.2. The zero-order valence-corrected chi connectivity index (χ0v) is 18.6. The molecule has 0 saturated heterocycles. The second kappa shape index (κ2) is 10.6. The minimum atomic E-state index is -0.671. The average Bonchev–Trinajstić information content (AvgIpc) is 2.84. The number of nitrogens with one attached hydrogen (secondary N) is 1. The van der Waals surface area contributed by atoms with Gasteiger partial charge in [-0.05, 0) is 25.1 Å². The first kappa shape index (κ1) is 23.7. The molecule has 0 unspecified atom stereocenters. The van der Waals surface area contributed by atoms with Gasteiger partial charge in [0.25, 0.3) is 5.91 Å². The topological polar surface area (TPSA) is 98.8 Å². The lowest BCUT2D eigenvalue weighted by atomic mass is 10.0. The SMILES string of the molecule is CCOC(=O)c1cc(Cl)c(NC(=O)c2ccc(C(=O)C(=O)c3ccccc3)cc2)cc1OC. The Morgan fingerprint density at radius 3 is 2.00 bits per heavy atom. The van der Waals surface area contributed by atoms with Crippen LogP contribution in [-0.2, 0) is 4.74 Å². The van der Waals surface area contributed by atoms with Crippen molar-refractivity contribution in [1.29, 1.82) is 0 Å². The molecule has 0 heterocycles. The molecule has 7 nitrogen and oxygen atoms in total. The molecule has 0 spiro atoms. The van der Waals surface area contributed by atoms with E-state index in [1.165, 1.54) is 43.5 Å². The number of anilines is 1. The zero-order chi connectivity index (χ0) is 24.0. The highest BCUT2D eigenvalue weighted by Gasteiger charge is 2.20. The lowest BCUT2D eigenvalue weighted by molar-refractivity contribution is 0.0522. The molecule has 0 aliphatic heterocycles. The Bertz CT molecular complexity index is 1210. The van der Waals surface area contributed by atoms with E-state index in [1.54, 1.807) is 37.3 Å². The number of carbonyl (C=O) groups is 4. The maximum atomic E-state index is 12.7. The average molecular weight is 466 g/mol. The Kier molecular flexibility index (Phi) is 7.58. The predicted molar refractivity (Wildman–Crippen MR) is 123 cm³/mol. The predicted octanol–water partition coefficient (Wildman–Crippen LogP) is 4.84. The number of hydrogen-bond donors (Lipinski definition) is 1. The Balaban J connectivity index is 1.76. The van der Waals surface area contributed by atoms with E-state index in [-0.39, 0.29) is 39.8 Å². The largest absolute Gasteiger partial charge is 0.496 e. The van der Waals surface area contributed by atoms with E-state index >= 15 is 0 Å². The summed E-state index contributed by atoms with van der Waals surface area (Å²) in [5.74, 6) is -2.21. The zero-order valence-electron chi connectivity index (χ0n) is 17.9. The molecule has 0 aliphatic rings. The molecule has 0 bridgehead atoms. The third-order valence-electron chi connectivity index (χ3n) is 4.68. The van der Waals surface area contributed by atoms with E-state index in [9.17, 15) is 19.2 Å². The molecule has 1 amide bonds. The third kappa shape index (κ3) is 5.45. The monoisotopic (exact) mass is 465 g/mol. The molecule has 0 atom stereocenters. The van der Waals surface area contributed by atoms with Gasteiger partial charge in [0.15, 0.2) is 0 Å². The summed E-state index contributed by atoms with van der Waals surface area (Å²) in [6.45, 7) is 1.87. The summed E-state index contributed by atoms with van der Waals surface area (Å²) in [6, 6.07) is 16.7. The van der Waals surface area contributed by atoms with Crippen LogP contribution in [0, 0.1) is 0 Å². The van der Waals surface area contributed by atoms with Crippen molar-refractivity contribution in [2.45, 2.75) is 6.92 Å². The van der Waals surface area contributed by atoms with E-state index in [4.69, 9.17) is 21.1 Å². The molecule has 3 rings (SSSR count). The van der Waals surface area contributed by atoms with E-state index < -0.39 is 23.4 Å². The molecule has 3 aromatic carbocycles. The van der Waals surface area contributed by atoms with Crippen LogP contribution in [0.3, 0.4) is 0 Å². The number of esters is 1. The van der Waals surface area contributed by atoms with Crippen molar-refractivity contribution >= 4 is 40.7 Å². The minimum Gasteiger partial charge on any atom is -0.496 e. The van der Waals surface area contributed by atoms with Crippen LogP contribution in [0.1, 0.15) is 48.4 Å². The van der Waals surface area contributed by atoms with Crippen molar-refractivity contribution in [2.75, 3.05) is 19.0 Å². The number of Topliss-reactive ketones (excluding diaryl/α,β-unsaturated/α-hetero) is 2. The van der Waals surface area contributed by atoms with Gasteiger partial charge in [0.05, 0.1) is 24.4 Å². The van der Waals surface area contributed by atoms with E-state index in [0.717, 1.165) is 0 Å². The van der Waals surface area contributed by atoms with Gasteiger partial charge in [-0.25, -0.2) is 4.79 Å². The minimum absolute atomic E-state index is 0.118. The van der Waals surface area contributed by atoms with Gasteiger partial charge in [-0.1, -0.05) is 54.1 Å². The maximum absolute atomic E-state index is 12.7. The maximum Gasteiger partial charge on any atom is 0.341 e. The number of amides is 1. The number of rotatable bonds is 8. The van der Waals surface area contributed by atoms with Gasteiger partial charge in [0.2, 0.25) is 11.6 Å². The molecule has 8 heteroatoms. The van der Waals surface area contributed by atoms with Crippen molar-refractivity contribution in [1.82, 2.24) is 0 Å². The lowest BCUT2D eigenvalue weighted by Gasteiger charge is -2.13. The molecule has 33 heavy (non-hydrogen) atoms. The summed E-state index contributed by atoms with van der Waals surface area (Å²) in [5, 5.41) is 2.76. The van der Waals surface area contributed by atoms with Crippen LogP contribution in [0.5, 0.6) is 5.75 Å². The highest BCUT2D eigenvalue weighted by atomic mass is 35.5. The molecule has 0 aromatic heterocycles. The number of ether oxygens (including phenoxy) is 2. The first-order valence-electron chi connectivity index (χ1n) is 9.95. The molecule has 1 N–H and O–H groups in total. The van der Waals surface area contributed by atoms with Crippen molar-refractivity contribution < 1.29 is 28.7 Å². The number of ketones is 2. The van der Waals surface area contributed by atoms with Gasteiger partial charge in [0.1, 0.15) is 11.3 Å². The molecular weight excluding hydrogens is 446 g/mol. The van der Waals surface area contributed by atoms with Crippen molar-refractivity contribution in [3.8, 4) is 5.75 Å². The van der Waals surface area contributed by atoms with Crippen LogP contribution in [0.15, 0.2) is 66.7 Å². The van der Waals surface area contributed by atoms with E-state index in [2.05, 4.69) is 5.32 Å².